The highest BCUT2D eigenvalue weighted by molar-refractivity contribution is 9.10. The summed E-state index contributed by atoms with van der Waals surface area (Å²) in [7, 11) is 3.04. The van der Waals surface area contributed by atoms with Crippen LogP contribution in [0, 0.1) is 5.82 Å². The van der Waals surface area contributed by atoms with Crippen LogP contribution in [-0.2, 0) is 11.2 Å². The Morgan fingerprint density at radius 2 is 1.95 bits per heavy atom. The highest BCUT2D eigenvalue weighted by Crippen LogP contribution is 2.29. The minimum absolute atomic E-state index is 0.0777. The SMILES string of the molecule is COc1ccc(OC)c(NC(=O)Cc2cc(Br)ccc2F)c1. The average Bonchev–Trinajstić information content (AvgIpc) is 2.50. The molecule has 22 heavy (non-hydrogen) atoms. The van der Waals surface area contributed by atoms with Gasteiger partial charge in [0.25, 0.3) is 0 Å². The molecule has 0 saturated heterocycles. The maximum Gasteiger partial charge on any atom is 0.229 e. The molecule has 0 saturated carbocycles. The number of hydrogen-bond donors (Lipinski definition) is 1. The summed E-state index contributed by atoms with van der Waals surface area (Å²) < 4.78 is 24.7. The van der Waals surface area contributed by atoms with E-state index in [1.165, 1.54) is 20.3 Å². The second kappa shape index (κ2) is 7.26. The molecule has 0 aliphatic rings. The number of carbonyl (C=O) groups excluding carboxylic acids is 1. The van der Waals surface area contributed by atoms with Crippen LogP contribution in [0.1, 0.15) is 5.56 Å². The molecule has 0 heterocycles. The van der Waals surface area contributed by atoms with Crippen LogP contribution in [0.3, 0.4) is 0 Å². The molecule has 2 rings (SSSR count). The Morgan fingerprint density at radius 1 is 1.18 bits per heavy atom. The van der Waals surface area contributed by atoms with Gasteiger partial charge >= 0.3 is 0 Å². The Morgan fingerprint density at radius 3 is 2.64 bits per heavy atom. The fourth-order valence-corrected chi connectivity index (χ4v) is 2.37. The van der Waals surface area contributed by atoms with E-state index in [0.29, 0.717) is 22.7 Å². The normalized spacial score (nSPS) is 10.2. The van der Waals surface area contributed by atoms with Crippen molar-refractivity contribution >= 4 is 27.5 Å². The summed E-state index contributed by atoms with van der Waals surface area (Å²) in [6, 6.07) is 9.54. The Bertz CT molecular complexity index is 691. The van der Waals surface area contributed by atoms with Crippen LogP contribution < -0.4 is 14.8 Å². The summed E-state index contributed by atoms with van der Waals surface area (Å²) >= 11 is 3.26. The second-order valence-corrected chi connectivity index (χ2v) is 5.44. The number of amides is 1. The van der Waals surface area contributed by atoms with E-state index in [2.05, 4.69) is 21.2 Å². The van der Waals surface area contributed by atoms with Gasteiger partial charge in [-0.15, -0.1) is 0 Å². The first-order valence-electron chi connectivity index (χ1n) is 6.49. The van der Waals surface area contributed by atoms with Crippen LogP contribution in [0.15, 0.2) is 40.9 Å². The number of methoxy groups -OCH3 is 2. The fourth-order valence-electron chi connectivity index (χ4n) is 1.96. The molecule has 1 amide bonds. The summed E-state index contributed by atoms with van der Waals surface area (Å²) in [6.45, 7) is 0. The number of rotatable bonds is 5. The van der Waals surface area contributed by atoms with Gasteiger partial charge in [0, 0.05) is 10.5 Å². The first kappa shape index (κ1) is 16.3. The number of carbonyl (C=O) groups is 1. The first-order valence-corrected chi connectivity index (χ1v) is 7.28. The molecule has 0 fully saturated rings. The third kappa shape index (κ3) is 3.98. The van der Waals surface area contributed by atoms with Crippen molar-refractivity contribution < 1.29 is 18.7 Å². The summed E-state index contributed by atoms with van der Waals surface area (Å²) in [4.78, 5) is 12.1. The number of ether oxygens (including phenoxy) is 2. The van der Waals surface area contributed by atoms with Crippen molar-refractivity contribution in [3.63, 3.8) is 0 Å². The zero-order valence-corrected chi connectivity index (χ0v) is 13.7. The van der Waals surface area contributed by atoms with E-state index < -0.39 is 5.82 Å². The highest BCUT2D eigenvalue weighted by atomic mass is 79.9. The van der Waals surface area contributed by atoms with Crippen molar-refractivity contribution in [2.45, 2.75) is 6.42 Å². The lowest BCUT2D eigenvalue weighted by atomic mass is 10.1. The molecular formula is C16H15BrFNO3. The van der Waals surface area contributed by atoms with Crippen molar-refractivity contribution in [2.75, 3.05) is 19.5 Å². The van der Waals surface area contributed by atoms with Crippen molar-refractivity contribution in [1.29, 1.82) is 0 Å². The predicted octanol–water partition coefficient (Wildman–Crippen LogP) is 3.79. The van der Waals surface area contributed by atoms with Crippen LogP contribution in [0.25, 0.3) is 0 Å². The van der Waals surface area contributed by atoms with E-state index in [-0.39, 0.29) is 12.3 Å². The molecule has 6 heteroatoms. The van der Waals surface area contributed by atoms with E-state index in [1.807, 2.05) is 0 Å². The molecule has 1 N–H and O–H groups in total. The van der Waals surface area contributed by atoms with Gasteiger partial charge in [0.05, 0.1) is 26.3 Å². The molecule has 0 aliphatic heterocycles. The number of hydrogen-bond acceptors (Lipinski definition) is 3. The zero-order chi connectivity index (χ0) is 16.1. The molecule has 4 nitrogen and oxygen atoms in total. The van der Waals surface area contributed by atoms with Gasteiger partial charge in [-0.3, -0.25) is 4.79 Å². The minimum Gasteiger partial charge on any atom is -0.497 e. The first-order chi connectivity index (χ1) is 10.5. The van der Waals surface area contributed by atoms with Gasteiger partial charge in [-0.05, 0) is 35.9 Å². The predicted molar refractivity (Wildman–Crippen MR) is 86.0 cm³/mol. The molecule has 0 atom stereocenters. The van der Waals surface area contributed by atoms with Gasteiger partial charge in [-0.2, -0.15) is 0 Å². The molecule has 0 spiro atoms. The second-order valence-electron chi connectivity index (χ2n) is 4.53. The standard InChI is InChI=1S/C16H15BrFNO3/c1-21-12-4-6-15(22-2)14(9-12)19-16(20)8-10-7-11(17)3-5-13(10)18/h3-7,9H,8H2,1-2H3,(H,19,20). The van der Waals surface area contributed by atoms with Gasteiger partial charge in [-0.1, -0.05) is 15.9 Å². The maximum atomic E-state index is 13.7. The molecule has 0 aliphatic carbocycles. The zero-order valence-electron chi connectivity index (χ0n) is 12.2. The Labute approximate surface area is 136 Å². The smallest absolute Gasteiger partial charge is 0.229 e. The minimum atomic E-state index is -0.420. The van der Waals surface area contributed by atoms with Crippen molar-refractivity contribution in [3.8, 4) is 11.5 Å². The topological polar surface area (TPSA) is 47.6 Å². The van der Waals surface area contributed by atoms with Crippen molar-refractivity contribution in [3.05, 3.63) is 52.3 Å². The third-order valence-corrected chi connectivity index (χ3v) is 3.53. The molecule has 0 aromatic heterocycles. The lowest BCUT2D eigenvalue weighted by Crippen LogP contribution is -2.16. The summed E-state index contributed by atoms with van der Waals surface area (Å²) in [6.07, 6.45) is -0.0777. The monoisotopic (exact) mass is 367 g/mol. The number of anilines is 1. The molecule has 0 radical (unpaired) electrons. The Balaban J connectivity index is 2.16. The van der Waals surface area contributed by atoms with E-state index in [1.54, 1.807) is 30.3 Å². The summed E-state index contributed by atoms with van der Waals surface area (Å²) in [5.41, 5.74) is 0.788. The van der Waals surface area contributed by atoms with E-state index in [9.17, 15) is 9.18 Å². The van der Waals surface area contributed by atoms with Gasteiger partial charge in [0.15, 0.2) is 0 Å². The molecule has 0 unspecified atom stereocenters. The van der Waals surface area contributed by atoms with E-state index in [4.69, 9.17) is 9.47 Å². The third-order valence-electron chi connectivity index (χ3n) is 3.04. The highest BCUT2D eigenvalue weighted by Gasteiger charge is 2.12. The van der Waals surface area contributed by atoms with Gasteiger partial charge in [0.1, 0.15) is 17.3 Å². The Hall–Kier alpha value is -2.08. The Kier molecular flexibility index (Phi) is 5.38. The lowest BCUT2D eigenvalue weighted by Gasteiger charge is -2.12. The average molecular weight is 368 g/mol. The van der Waals surface area contributed by atoms with Crippen LogP contribution in [0.4, 0.5) is 10.1 Å². The van der Waals surface area contributed by atoms with E-state index in [0.717, 1.165) is 4.47 Å². The van der Waals surface area contributed by atoms with Crippen molar-refractivity contribution in [2.24, 2.45) is 0 Å². The van der Waals surface area contributed by atoms with Gasteiger partial charge in [-0.25, -0.2) is 4.39 Å². The number of halogens is 2. The molecule has 116 valence electrons. The summed E-state index contributed by atoms with van der Waals surface area (Å²) in [5.74, 6) is 0.327. The van der Waals surface area contributed by atoms with Crippen LogP contribution >= 0.6 is 15.9 Å². The van der Waals surface area contributed by atoms with Crippen LogP contribution in [0.5, 0.6) is 11.5 Å². The fraction of sp³-hybridized carbons (Fsp3) is 0.188. The number of nitrogens with one attached hydrogen (secondary N) is 1. The van der Waals surface area contributed by atoms with Crippen LogP contribution in [-0.4, -0.2) is 20.1 Å². The molecular weight excluding hydrogens is 353 g/mol. The van der Waals surface area contributed by atoms with Gasteiger partial charge in [0.2, 0.25) is 5.91 Å². The molecule has 2 aromatic carbocycles. The largest absolute Gasteiger partial charge is 0.497 e. The lowest BCUT2D eigenvalue weighted by molar-refractivity contribution is -0.115. The molecule has 2 aromatic rings. The van der Waals surface area contributed by atoms with Gasteiger partial charge < -0.3 is 14.8 Å². The van der Waals surface area contributed by atoms with Crippen LogP contribution in [0.2, 0.25) is 0 Å². The maximum absolute atomic E-state index is 13.7. The molecule has 0 bridgehead atoms. The van der Waals surface area contributed by atoms with E-state index >= 15 is 0 Å². The quantitative estimate of drug-likeness (QED) is 0.874. The summed E-state index contributed by atoms with van der Waals surface area (Å²) in [5, 5.41) is 2.71. The van der Waals surface area contributed by atoms with Crippen molar-refractivity contribution in [1.82, 2.24) is 0 Å². The number of benzene rings is 2.